The third kappa shape index (κ3) is 4.07. The van der Waals surface area contributed by atoms with Crippen LogP contribution in [0, 0.1) is 5.92 Å². The Bertz CT molecular complexity index is 393. The molecule has 2 N–H and O–H groups in total. The molecule has 0 amide bonds. The fourth-order valence-electron chi connectivity index (χ4n) is 0.956. The van der Waals surface area contributed by atoms with Gasteiger partial charge in [-0.1, -0.05) is 20.8 Å². The Morgan fingerprint density at radius 1 is 1.24 bits per heavy atom. The molecule has 0 saturated heterocycles. The summed E-state index contributed by atoms with van der Waals surface area (Å²) in [6.07, 6.45) is -4.56. The summed E-state index contributed by atoms with van der Waals surface area (Å²) in [4.78, 5) is 6.66. The minimum atomic E-state index is -4.56. The molecule has 0 saturated carbocycles. The smallest absolute Gasteiger partial charge is 0.384 e. The van der Waals surface area contributed by atoms with E-state index in [9.17, 15) is 13.2 Å². The van der Waals surface area contributed by atoms with Crippen molar-refractivity contribution in [3.8, 4) is 0 Å². The number of nitrogen functional groups attached to an aromatic ring is 1. The highest BCUT2D eigenvalue weighted by atomic mass is 32.2. The lowest BCUT2D eigenvalue weighted by atomic mass is 10.2. The van der Waals surface area contributed by atoms with Gasteiger partial charge in [-0.2, -0.15) is 13.2 Å². The molecule has 1 unspecified atom stereocenters. The van der Waals surface area contributed by atoms with Crippen LogP contribution in [0.5, 0.6) is 0 Å². The SMILES string of the molecule is CC(C)C(C)Sc1cc(N)nc(C(F)(F)F)n1. The zero-order chi connectivity index (χ0) is 13.2. The van der Waals surface area contributed by atoms with Crippen LogP contribution < -0.4 is 5.73 Å². The number of nitrogens with two attached hydrogens (primary N) is 1. The normalized spacial score (nSPS) is 14.1. The zero-order valence-electron chi connectivity index (χ0n) is 9.75. The van der Waals surface area contributed by atoms with Crippen molar-refractivity contribution in [1.29, 1.82) is 0 Å². The molecular weight excluding hydrogens is 251 g/mol. The molecule has 0 bridgehead atoms. The van der Waals surface area contributed by atoms with Crippen LogP contribution in [0.4, 0.5) is 19.0 Å². The van der Waals surface area contributed by atoms with Crippen molar-refractivity contribution in [2.24, 2.45) is 5.92 Å². The van der Waals surface area contributed by atoms with Gasteiger partial charge in [-0.05, 0) is 5.92 Å². The van der Waals surface area contributed by atoms with Crippen molar-refractivity contribution in [2.45, 2.75) is 37.2 Å². The molecule has 1 aromatic rings. The summed E-state index contributed by atoms with van der Waals surface area (Å²) in [5.41, 5.74) is 5.34. The number of aromatic nitrogens is 2. The van der Waals surface area contributed by atoms with E-state index in [0.29, 0.717) is 5.92 Å². The lowest BCUT2D eigenvalue weighted by Gasteiger charge is -2.15. The summed E-state index contributed by atoms with van der Waals surface area (Å²) in [7, 11) is 0. The number of thioether (sulfide) groups is 1. The molecule has 0 fully saturated rings. The van der Waals surface area contributed by atoms with Gasteiger partial charge in [0, 0.05) is 11.3 Å². The first-order valence-corrected chi connectivity index (χ1v) is 5.96. The minimum absolute atomic E-state index is 0.158. The summed E-state index contributed by atoms with van der Waals surface area (Å²) in [6.45, 7) is 5.92. The maximum Gasteiger partial charge on any atom is 0.451 e. The first-order chi connectivity index (χ1) is 7.70. The molecule has 0 aliphatic carbocycles. The zero-order valence-corrected chi connectivity index (χ0v) is 10.6. The molecule has 1 atom stereocenters. The van der Waals surface area contributed by atoms with Crippen LogP contribution in [0.3, 0.4) is 0 Å². The van der Waals surface area contributed by atoms with Crippen LogP contribution in [0.25, 0.3) is 0 Å². The first-order valence-electron chi connectivity index (χ1n) is 5.08. The molecule has 1 heterocycles. The average Bonchev–Trinajstić information content (AvgIpc) is 2.15. The Labute approximate surface area is 102 Å². The van der Waals surface area contributed by atoms with E-state index in [-0.39, 0.29) is 16.1 Å². The van der Waals surface area contributed by atoms with E-state index < -0.39 is 12.0 Å². The Kier molecular flexibility index (Phi) is 4.24. The monoisotopic (exact) mass is 265 g/mol. The van der Waals surface area contributed by atoms with Crippen molar-refractivity contribution in [1.82, 2.24) is 9.97 Å². The topological polar surface area (TPSA) is 51.8 Å². The van der Waals surface area contributed by atoms with E-state index in [2.05, 4.69) is 9.97 Å². The number of halogens is 3. The quantitative estimate of drug-likeness (QED) is 0.673. The Morgan fingerprint density at radius 3 is 2.29 bits per heavy atom. The summed E-state index contributed by atoms with van der Waals surface area (Å²) in [5, 5.41) is 0.413. The van der Waals surface area contributed by atoms with Gasteiger partial charge in [0.2, 0.25) is 5.82 Å². The number of hydrogen-bond acceptors (Lipinski definition) is 4. The Hall–Kier alpha value is -0.980. The largest absolute Gasteiger partial charge is 0.451 e. The van der Waals surface area contributed by atoms with Crippen LogP contribution >= 0.6 is 11.8 Å². The van der Waals surface area contributed by atoms with Gasteiger partial charge >= 0.3 is 6.18 Å². The Balaban J connectivity index is 2.98. The fraction of sp³-hybridized carbons (Fsp3) is 0.600. The first kappa shape index (κ1) is 14.1. The predicted octanol–water partition coefficient (Wildman–Crippen LogP) is 3.21. The van der Waals surface area contributed by atoms with Gasteiger partial charge in [0.15, 0.2) is 0 Å². The summed E-state index contributed by atoms with van der Waals surface area (Å²) in [6, 6.07) is 1.36. The van der Waals surface area contributed by atoms with Gasteiger partial charge in [-0.3, -0.25) is 0 Å². The summed E-state index contributed by atoms with van der Waals surface area (Å²) in [5.74, 6) is -1.01. The fourth-order valence-corrected chi connectivity index (χ4v) is 1.94. The lowest BCUT2D eigenvalue weighted by Crippen LogP contribution is -2.14. The molecule has 7 heteroatoms. The van der Waals surface area contributed by atoms with Crippen molar-refractivity contribution in [3.63, 3.8) is 0 Å². The van der Waals surface area contributed by atoms with Crippen LogP contribution in [-0.4, -0.2) is 15.2 Å². The standard InChI is InChI=1S/C10H14F3N3S/c1-5(2)6(3)17-8-4-7(14)15-9(16-8)10(11,12)13/h4-6H,1-3H3,(H2,14,15,16). The van der Waals surface area contributed by atoms with E-state index in [0.717, 1.165) is 0 Å². The van der Waals surface area contributed by atoms with Crippen LogP contribution in [0.2, 0.25) is 0 Å². The highest BCUT2D eigenvalue weighted by Gasteiger charge is 2.35. The predicted molar refractivity (Wildman–Crippen MR) is 61.6 cm³/mol. The maximum absolute atomic E-state index is 12.5. The number of anilines is 1. The second kappa shape index (κ2) is 5.12. The molecule has 0 aliphatic rings. The van der Waals surface area contributed by atoms with E-state index in [4.69, 9.17) is 5.73 Å². The average molecular weight is 265 g/mol. The molecule has 0 aliphatic heterocycles. The lowest BCUT2D eigenvalue weighted by molar-refractivity contribution is -0.145. The maximum atomic E-state index is 12.5. The van der Waals surface area contributed by atoms with Crippen molar-refractivity contribution in [3.05, 3.63) is 11.9 Å². The van der Waals surface area contributed by atoms with Gasteiger partial charge in [0.25, 0.3) is 0 Å². The minimum Gasteiger partial charge on any atom is -0.384 e. The van der Waals surface area contributed by atoms with Crippen molar-refractivity contribution < 1.29 is 13.2 Å². The van der Waals surface area contributed by atoms with Gasteiger partial charge < -0.3 is 5.73 Å². The van der Waals surface area contributed by atoms with Crippen molar-refractivity contribution >= 4 is 17.6 Å². The molecule has 1 rings (SSSR count). The van der Waals surface area contributed by atoms with E-state index in [1.54, 1.807) is 0 Å². The van der Waals surface area contributed by atoms with E-state index in [1.165, 1.54) is 17.8 Å². The van der Waals surface area contributed by atoms with E-state index >= 15 is 0 Å². The number of rotatable bonds is 3. The van der Waals surface area contributed by atoms with Gasteiger partial charge in [-0.15, -0.1) is 11.8 Å². The van der Waals surface area contributed by atoms with Crippen molar-refractivity contribution in [2.75, 3.05) is 5.73 Å². The summed E-state index contributed by atoms with van der Waals surface area (Å²) < 4.78 is 37.4. The molecule has 0 aromatic carbocycles. The molecule has 0 spiro atoms. The second-order valence-electron chi connectivity index (χ2n) is 4.02. The molecule has 0 radical (unpaired) electrons. The third-order valence-electron chi connectivity index (χ3n) is 2.22. The highest BCUT2D eigenvalue weighted by Crippen LogP contribution is 2.31. The molecule has 96 valence electrons. The van der Waals surface area contributed by atoms with Gasteiger partial charge in [0.1, 0.15) is 10.8 Å². The number of alkyl halides is 3. The molecule has 1 aromatic heterocycles. The van der Waals surface area contributed by atoms with Crippen LogP contribution in [0.15, 0.2) is 11.1 Å². The Morgan fingerprint density at radius 2 is 1.82 bits per heavy atom. The molecule has 17 heavy (non-hydrogen) atoms. The molecular formula is C10H14F3N3S. The number of nitrogens with zero attached hydrogens (tertiary/aromatic N) is 2. The van der Waals surface area contributed by atoms with Gasteiger partial charge in [-0.25, -0.2) is 9.97 Å². The highest BCUT2D eigenvalue weighted by molar-refractivity contribution is 7.99. The summed E-state index contributed by atoms with van der Waals surface area (Å²) >= 11 is 1.26. The molecule has 3 nitrogen and oxygen atoms in total. The van der Waals surface area contributed by atoms with E-state index in [1.807, 2.05) is 20.8 Å². The number of hydrogen-bond donors (Lipinski definition) is 1. The third-order valence-corrected chi connectivity index (χ3v) is 3.59. The van der Waals surface area contributed by atoms with Crippen LogP contribution in [0.1, 0.15) is 26.6 Å². The van der Waals surface area contributed by atoms with Gasteiger partial charge in [0.05, 0.1) is 0 Å². The second-order valence-corrected chi connectivity index (χ2v) is 5.42. The van der Waals surface area contributed by atoms with Crippen LogP contribution in [-0.2, 0) is 6.18 Å².